The summed E-state index contributed by atoms with van der Waals surface area (Å²) in [6.45, 7) is 2.55. The van der Waals surface area contributed by atoms with Gasteiger partial charge in [-0.2, -0.15) is 0 Å². The average Bonchev–Trinajstić information content (AvgIpc) is 2.70. The highest BCUT2D eigenvalue weighted by Crippen LogP contribution is 2.11. The molecule has 0 saturated carbocycles. The van der Waals surface area contributed by atoms with Crippen molar-refractivity contribution in [3.05, 3.63) is 66.0 Å². The molecule has 0 bridgehead atoms. The third kappa shape index (κ3) is 5.29. The number of urea groups is 1. The molecule has 1 heterocycles. The van der Waals surface area contributed by atoms with Gasteiger partial charge in [0.2, 0.25) is 5.91 Å². The van der Waals surface area contributed by atoms with Gasteiger partial charge in [-0.1, -0.05) is 36.4 Å². The summed E-state index contributed by atoms with van der Waals surface area (Å²) < 4.78 is 13.8. The first-order valence-corrected chi connectivity index (χ1v) is 9.33. The Morgan fingerprint density at radius 1 is 0.964 bits per heavy atom. The molecule has 1 aliphatic heterocycles. The molecule has 1 fully saturated rings. The zero-order chi connectivity index (χ0) is 19.9. The van der Waals surface area contributed by atoms with Gasteiger partial charge in [-0.3, -0.25) is 9.69 Å². The van der Waals surface area contributed by atoms with Crippen LogP contribution in [0, 0.1) is 5.82 Å². The van der Waals surface area contributed by atoms with E-state index in [9.17, 15) is 14.0 Å². The van der Waals surface area contributed by atoms with Crippen LogP contribution in [0.1, 0.15) is 5.56 Å². The van der Waals surface area contributed by atoms with Gasteiger partial charge in [0.25, 0.3) is 0 Å². The van der Waals surface area contributed by atoms with E-state index in [2.05, 4.69) is 5.32 Å². The number of carbonyl (C=O) groups excluding carboxylic acids is 2. The Bertz CT molecular complexity index is 807. The van der Waals surface area contributed by atoms with Crippen LogP contribution in [-0.4, -0.2) is 66.4 Å². The molecule has 28 heavy (non-hydrogen) atoms. The van der Waals surface area contributed by atoms with Crippen molar-refractivity contribution in [3.8, 4) is 0 Å². The summed E-state index contributed by atoms with van der Waals surface area (Å²) in [5.74, 6) is -0.276. The molecule has 1 N–H and O–H groups in total. The Balaban J connectivity index is 1.44. The van der Waals surface area contributed by atoms with Crippen molar-refractivity contribution in [2.24, 2.45) is 0 Å². The standard InChI is InChI=1S/C21H25FN4O2/c1-24(15-17-7-5-6-10-19(17)22)16-20(27)25-11-13-26(14-12-25)21(28)23-18-8-3-2-4-9-18/h2-10H,11-16H2,1H3,(H,23,28). The third-order valence-corrected chi connectivity index (χ3v) is 4.75. The summed E-state index contributed by atoms with van der Waals surface area (Å²) in [6.07, 6.45) is 0. The van der Waals surface area contributed by atoms with Gasteiger partial charge < -0.3 is 15.1 Å². The molecule has 3 amide bonds. The number of amides is 3. The molecular weight excluding hydrogens is 359 g/mol. The van der Waals surface area contributed by atoms with Gasteiger partial charge in [0, 0.05) is 44.0 Å². The fourth-order valence-corrected chi connectivity index (χ4v) is 3.19. The van der Waals surface area contributed by atoms with Gasteiger partial charge in [0.05, 0.1) is 6.54 Å². The van der Waals surface area contributed by atoms with E-state index in [1.54, 1.807) is 39.9 Å². The summed E-state index contributed by atoms with van der Waals surface area (Å²) in [4.78, 5) is 30.1. The predicted molar refractivity (Wildman–Crippen MR) is 106 cm³/mol. The van der Waals surface area contributed by atoms with Crippen LogP contribution in [0.25, 0.3) is 0 Å². The molecule has 0 spiro atoms. The fourth-order valence-electron chi connectivity index (χ4n) is 3.19. The fraction of sp³-hybridized carbons (Fsp3) is 0.333. The molecule has 0 unspecified atom stereocenters. The first-order chi connectivity index (χ1) is 13.5. The Kier molecular flexibility index (Phi) is 6.60. The molecule has 0 radical (unpaired) electrons. The molecule has 2 aromatic carbocycles. The third-order valence-electron chi connectivity index (χ3n) is 4.75. The molecule has 1 saturated heterocycles. The summed E-state index contributed by atoms with van der Waals surface area (Å²) >= 11 is 0. The maximum Gasteiger partial charge on any atom is 0.321 e. The van der Waals surface area contributed by atoms with Gasteiger partial charge in [0.15, 0.2) is 0 Å². The minimum atomic E-state index is -0.264. The van der Waals surface area contributed by atoms with E-state index in [0.717, 1.165) is 5.69 Å². The Morgan fingerprint density at radius 3 is 2.25 bits per heavy atom. The number of hydrogen-bond acceptors (Lipinski definition) is 3. The van der Waals surface area contributed by atoms with E-state index >= 15 is 0 Å². The molecule has 0 aliphatic carbocycles. The number of rotatable bonds is 5. The van der Waals surface area contributed by atoms with Crippen molar-refractivity contribution >= 4 is 17.6 Å². The van der Waals surface area contributed by atoms with Crippen LogP contribution in [0.5, 0.6) is 0 Å². The maximum atomic E-state index is 13.8. The molecule has 1 aliphatic rings. The highest BCUT2D eigenvalue weighted by Gasteiger charge is 2.24. The van der Waals surface area contributed by atoms with Crippen molar-refractivity contribution in [1.29, 1.82) is 0 Å². The Hall–Kier alpha value is -2.93. The lowest BCUT2D eigenvalue weighted by atomic mass is 10.2. The average molecular weight is 384 g/mol. The SMILES string of the molecule is CN(CC(=O)N1CCN(C(=O)Nc2ccccc2)CC1)Cc1ccccc1F. The highest BCUT2D eigenvalue weighted by atomic mass is 19.1. The lowest BCUT2D eigenvalue weighted by molar-refractivity contribution is -0.133. The Morgan fingerprint density at radius 2 is 1.57 bits per heavy atom. The van der Waals surface area contributed by atoms with Gasteiger partial charge in [0.1, 0.15) is 5.82 Å². The largest absolute Gasteiger partial charge is 0.338 e. The number of nitrogens with one attached hydrogen (secondary N) is 1. The lowest BCUT2D eigenvalue weighted by Crippen LogP contribution is -2.53. The number of hydrogen-bond donors (Lipinski definition) is 1. The number of anilines is 1. The van der Waals surface area contributed by atoms with Crippen LogP contribution in [-0.2, 0) is 11.3 Å². The molecule has 2 aromatic rings. The van der Waals surface area contributed by atoms with E-state index in [1.165, 1.54) is 6.07 Å². The number of halogens is 1. The zero-order valence-corrected chi connectivity index (χ0v) is 16.0. The first-order valence-electron chi connectivity index (χ1n) is 9.33. The summed E-state index contributed by atoms with van der Waals surface area (Å²) in [6, 6.07) is 15.7. The lowest BCUT2D eigenvalue weighted by Gasteiger charge is -2.35. The normalized spacial score (nSPS) is 14.2. The van der Waals surface area contributed by atoms with Crippen LogP contribution in [0.2, 0.25) is 0 Å². The topological polar surface area (TPSA) is 55.9 Å². The predicted octanol–water partition coefficient (Wildman–Crippen LogP) is 2.63. The number of para-hydroxylation sites is 1. The van der Waals surface area contributed by atoms with Crippen molar-refractivity contribution in [2.75, 3.05) is 45.1 Å². The van der Waals surface area contributed by atoms with E-state index in [4.69, 9.17) is 0 Å². The number of nitrogens with zero attached hydrogens (tertiary/aromatic N) is 3. The minimum absolute atomic E-state index is 0.0121. The van der Waals surface area contributed by atoms with Crippen molar-refractivity contribution in [2.45, 2.75) is 6.54 Å². The maximum absolute atomic E-state index is 13.8. The van der Waals surface area contributed by atoms with E-state index in [1.807, 2.05) is 30.3 Å². The van der Waals surface area contributed by atoms with Gasteiger partial charge in [-0.25, -0.2) is 9.18 Å². The monoisotopic (exact) mass is 384 g/mol. The number of carbonyl (C=O) groups is 2. The van der Waals surface area contributed by atoms with Crippen LogP contribution < -0.4 is 5.32 Å². The molecular formula is C21H25FN4O2. The second kappa shape index (κ2) is 9.32. The van der Waals surface area contributed by atoms with Crippen LogP contribution in [0.15, 0.2) is 54.6 Å². The van der Waals surface area contributed by atoms with Gasteiger partial charge in [-0.05, 0) is 25.2 Å². The number of likely N-dealkylation sites (N-methyl/N-ethyl adjacent to an activating group) is 1. The van der Waals surface area contributed by atoms with E-state index < -0.39 is 0 Å². The summed E-state index contributed by atoms with van der Waals surface area (Å²) in [7, 11) is 1.80. The quantitative estimate of drug-likeness (QED) is 0.862. The Labute approximate surface area is 164 Å². The molecule has 3 rings (SSSR count). The summed E-state index contributed by atoms with van der Waals surface area (Å²) in [5, 5.41) is 2.86. The zero-order valence-electron chi connectivity index (χ0n) is 16.0. The molecule has 0 atom stereocenters. The minimum Gasteiger partial charge on any atom is -0.338 e. The number of piperazine rings is 1. The number of benzene rings is 2. The van der Waals surface area contributed by atoms with Crippen molar-refractivity contribution < 1.29 is 14.0 Å². The van der Waals surface area contributed by atoms with Crippen LogP contribution in [0.3, 0.4) is 0 Å². The van der Waals surface area contributed by atoms with Crippen molar-refractivity contribution in [1.82, 2.24) is 14.7 Å². The highest BCUT2D eigenvalue weighted by molar-refractivity contribution is 5.89. The van der Waals surface area contributed by atoms with Gasteiger partial charge in [-0.15, -0.1) is 0 Å². The molecule has 7 heteroatoms. The van der Waals surface area contributed by atoms with Gasteiger partial charge >= 0.3 is 6.03 Å². The van der Waals surface area contributed by atoms with E-state index in [0.29, 0.717) is 38.3 Å². The van der Waals surface area contributed by atoms with Crippen LogP contribution in [0.4, 0.5) is 14.9 Å². The van der Waals surface area contributed by atoms with Crippen LogP contribution >= 0.6 is 0 Å². The van der Waals surface area contributed by atoms with Crippen molar-refractivity contribution in [3.63, 3.8) is 0 Å². The second-order valence-corrected chi connectivity index (χ2v) is 6.93. The first kappa shape index (κ1) is 19.8. The molecule has 6 nitrogen and oxygen atoms in total. The molecule has 0 aromatic heterocycles. The van der Waals surface area contributed by atoms with E-state index in [-0.39, 0.29) is 24.3 Å². The smallest absolute Gasteiger partial charge is 0.321 e. The second-order valence-electron chi connectivity index (χ2n) is 6.93. The molecule has 148 valence electrons. The summed E-state index contributed by atoms with van der Waals surface area (Å²) in [5.41, 5.74) is 1.32.